The van der Waals surface area contributed by atoms with E-state index in [0.717, 1.165) is 62.8 Å². The molecule has 0 unspecified atom stereocenters. The van der Waals surface area contributed by atoms with Gasteiger partial charge in [-0.2, -0.15) is 0 Å². The zero-order valence-electron chi connectivity index (χ0n) is 16.0. The Hall–Kier alpha value is -2.25. The summed E-state index contributed by atoms with van der Waals surface area (Å²) in [7, 11) is 0. The van der Waals surface area contributed by atoms with Gasteiger partial charge in [-0.1, -0.05) is 18.2 Å². The van der Waals surface area contributed by atoms with E-state index in [4.69, 9.17) is 0 Å². The van der Waals surface area contributed by atoms with Crippen LogP contribution in [0.3, 0.4) is 0 Å². The average molecular weight is 399 g/mol. The third kappa shape index (κ3) is 4.42. The topological polar surface area (TPSA) is 56.8 Å². The highest BCUT2D eigenvalue weighted by Gasteiger charge is 2.25. The fraction of sp³-hybridized carbons (Fsp3) is 0.476. The Morgan fingerprint density at radius 1 is 1.00 bits per heavy atom. The van der Waals surface area contributed by atoms with Gasteiger partial charge in [0.15, 0.2) is 0 Å². The maximum atomic E-state index is 12.7. The molecule has 0 radical (unpaired) electrons. The first-order chi connectivity index (χ1) is 13.7. The van der Waals surface area contributed by atoms with Crippen LogP contribution in [-0.4, -0.2) is 59.3 Å². The Labute approximate surface area is 169 Å². The van der Waals surface area contributed by atoms with Crippen molar-refractivity contribution in [3.8, 4) is 0 Å². The standard InChI is InChI=1S/C21H26N4O2S/c26-20(6-7-21(27)25-12-8-17-4-1-2-5-18(17)25)24-11-3-10-23(13-14-24)16-19-22-9-15-28-19/h1-2,4-5,9,15H,3,6-8,10-14,16H2. The van der Waals surface area contributed by atoms with E-state index < -0.39 is 0 Å². The van der Waals surface area contributed by atoms with Crippen LogP contribution in [0.5, 0.6) is 0 Å². The van der Waals surface area contributed by atoms with E-state index in [0.29, 0.717) is 6.42 Å². The lowest BCUT2D eigenvalue weighted by Gasteiger charge is -2.22. The van der Waals surface area contributed by atoms with Crippen LogP contribution in [0.1, 0.15) is 29.8 Å². The highest BCUT2D eigenvalue weighted by Crippen LogP contribution is 2.28. The van der Waals surface area contributed by atoms with Crippen molar-refractivity contribution in [3.05, 3.63) is 46.4 Å². The lowest BCUT2D eigenvalue weighted by molar-refractivity contribution is -0.133. The van der Waals surface area contributed by atoms with E-state index in [2.05, 4.69) is 16.0 Å². The monoisotopic (exact) mass is 398 g/mol. The Morgan fingerprint density at radius 2 is 1.86 bits per heavy atom. The molecule has 0 N–H and O–H groups in total. The molecule has 4 rings (SSSR count). The van der Waals surface area contributed by atoms with Gasteiger partial charge in [-0.25, -0.2) is 4.98 Å². The molecule has 0 spiro atoms. The summed E-state index contributed by atoms with van der Waals surface area (Å²) in [4.78, 5) is 35.8. The summed E-state index contributed by atoms with van der Waals surface area (Å²) >= 11 is 1.67. The largest absolute Gasteiger partial charge is 0.341 e. The first-order valence-electron chi connectivity index (χ1n) is 9.97. The van der Waals surface area contributed by atoms with Crippen LogP contribution in [0, 0.1) is 0 Å². The van der Waals surface area contributed by atoms with Crippen LogP contribution in [0.15, 0.2) is 35.8 Å². The molecule has 2 aliphatic heterocycles. The summed E-state index contributed by atoms with van der Waals surface area (Å²) in [5.41, 5.74) is 2.22. The summed E-state index contributed by atoms with van der Waals surface area (Å²) in [5, 5.41) is 3.12. The number of aromatic nitrogens is 1. The van der Waals surface area contributed by atoms with Crippen LogP contribution in [-0.2, 0) is 22.6 Å². The Morgan fingerprint density at radius 3 is 2.71 bits per heavy atom. The van der Waals surface area contributed by atoms with E-state index in [1.165, 1.54) is 5.56 Å². The normalized spacial score (nSPS) is 17.4. The van der Waals surface area contributed by atoms with Gasteiger partial charge in [-0.15, -0.1) is 11.3 Å². The average Bonchev–Trinajstić information content (AvgIpc) is 3.31. The molecule has 1 saturated heterocycles. The number of thiazole rings is 1. The van der Waals surface area contributed by atoms with Crippen molar-refractivity contribution in [3.63, 3.8) is 0 Å². The van der Waals surface area contributed by atoms with Crippen molar-refractivity contribution >= 4 is 28.8 Å². The van der Waals surface area contributed by atoms with Gasteiger partial charge in [0.1, 0.15) is 5.01 Å². The zero-order chi connectivity index (χ0) is 19.3. The molecular weight excluding hydrogens is 372 g/mol. The molecule has 3 heterocycles. The second kappa shape index (κ2) is 8.84. The van der Waals surface area contributed by atoms with E-state index in [1.54, 1.807) is 11.3 Å². The molecule has 1 aromatic carbocycles. The third-order valence-electron chi connectivity index (χ3n) is 5.52. The molecule has 148 valence electrons. The lowest BCUT2D eigenvalue weighted by Crippen LogP contribution is -2.36. The highest BCUT2D eigenvalue weighted by atomic mass is 32.1. The van der Waals surface area contributed by atoms with Crippen LogP contribution >= 0.6 is 11.3 Å². The van der Waals surface area contributed by atoms with Crippen molar-refractivity contribution in [2.24, 2.45) is 0 Å². The van der Waals surface area contributed by atoms with Gasteiger partial charge in [-0.3, -0.25) is 14.5 Å². The Balaban J connectivity index is 1.25. The molecule has 2 aromatic rings. The number of anilines is 1. The fourth-order valence-corrected chi connectivity index (χ4v) is 4.66. The van der Waals surface area contributed by atoms with Gasteiger partial charge < -0.3 is 9.80 Å². The first-order valence-corrected chi connectivity index (χ1v) is 10.9. The summed E-state index contributed by atoms with van der Waals surface area (Å²) in [6.07, 6.45) is 4.28. The minimum absolute atomic E-state index is 0.0542. The van der Waals surface area contributed by atoms with Gasteiger partial charge >= 0.3 is 0 Å². The van der Waals surface area contributed by atoms with Crippen LogP contribution in [0.2, 0.25) is 0 Å². The van der Waals surface area contributed by atoms with Gasteiger partial charge in [0, 0.05) is 62.8 Å². The maximum Gasteiger partial charge on any atom is 0.227 e. The Kier molecular flexibility index (Phi) is 6.02. The van der Waals surface area contributed by atoms with Gasteiger partial charge in [0.25, 0.3) is 0 Å². The molecule has 28 heavy (non-hydrogen) atoms. The number of carbonyl (C=O) groups excluding carboxylic acids is 2. The number of hydrogen-bond acceptors (Lipinski definition) is 5. The first kappa shape index (κ1) is 19.1. The summed E-state index contributed by atoms with van der Waals surface area (Å²) in [6, 6.07) is 8.04. The molecule has 6 nitrogen and oxygen atoms in total. The van der Waals surface area contributed by atoms with Crippen molar-refractivity contribution < 1.29 is 9.59 Å². The van der Waals surface area contributed by atoms with Gasteiger partial charge in [-0.05, 0) is 24.5 Å². The Bertz CT molecular complexity index is 824. The summed E-state index contributed by atoms with van der Waals surface area (Å²) < 4.78 is 0. The summed E-state index contributed by atoms with van der Waals surface area (Å²) in [5.74, 6) is 0.149. The van der Waals surface area contributed by atoms with E-state index in [1.807, 2.05) is 39.6 Å². The number of nitrogens with zero attached hydrogens (tertiary/aromatic N) is 4. The van der Waals surface area contributed by atoms with Crippen LogP contribution in [0.25, 0.3) is 0 Å². The second-order valence-corrected chi connectivity index (χ2v) is 8.34. The zero-order valence-corrected chi connectivity index (χ0v) is 16.9. The highest BCUT2D eigenvalue weighted by molar-refractivity contribution is 7.09. The molecule has 0 bridgehead atoms. The number of hydrogen-bond donors (Lipinski definition) is 0. The molecule has 0 atom stereocenters. The van der Waals surface area contributed by atoms with Crippen molar-refractivity contribution in [2.45, 2.75) is 32.2 Å². The number of benzene rings is 1. The van der Waals surface area contributed by atoms with Crippen molar-refractivity contribution in [1.29, 1.82) is 0 Å². The smallest absolute Gasteiger partial charge is 0.227 e. The quantitative estimate of drug-likeness (QED) is 0.777. The predicted molar refractivity (Wildman–Crippen MR) is 110 cm³/mol. The van der Waals surface area contributed by atoms with E-state index in [-0.39, 0.29) is 18.2 Å². The predicted octanol–water partition coefficient (Wildman–Crippen LogP) is 2.55. The van der Waals surface area contributed by atoms with E-state index >= 15 is 0 Å². The number of fused-ring (bicyclic) bond motifs is 1. The SMILES string of the molecule is O=C(CCC(=O)N1CCc2ccccc21)N1CCCN(Cc2nccs2)CC1. The number of carbonyl (C=O) groups is 2. The maximum absolute atomic E-state index is 12.7. The van der Waals surface area contributed by atoms with Crippen LogP contribution < -0.4 is 4.90 Å². The van der Waals surface area contributed by atoms with Crippen molar-refractivity contribution in [1.82, 2.24) is 14.8 Å². The number of rotatable bonds is 5. The van der Waals surface area contributed by atoms with Crippen molar-refractivity contribution in [2.75, 3.05) is 37.6 Å². The molecule has 2 aliphatic rings. The molecule has 1 fully saturated rings. The second-order valence-electron chi connectivity index (χ2n) is 7.36. The number of amides is 2. The molecule has 0 aliphatic carbocycles. The van der Waals surface area contributed by atoms with Crippen LogP contribution in [0.4, 0.5) is 5.69 Å². The summed E-state index contributed by atoms with van der Waals surface area (Å²) in [6.45, 7) is 4.92. The molecule has 0 saturated carbocycles. The minimum Gasteiger partial charge on any atom is -0.341 e. The molecule has 2 amide bonds. The van der Waals surface area contributed by atoms with E-state index in [9.17, 15) is 9.59 Å². The molecule has 1 aromatic heterocycles. The minimum atomic E-state index is 0.0542. The van der Waals surface area contributed by atoms with Gasteiger partial charge in [0.05, 0.1) is 6.54 Å². The fourth-order valence-electron chi connectivity index (χ4n) is 4.01. The third-order valence-corrected chi connectivity index (χ3v) is 6.29. The molecular formula is C21H26N4O2S. The number of para-hydroxylation sites is 1. The molecule has 7 heteroatoms. The lowest BCUT2D eigenvalue weighted by atomic mass is 10.2. The van der Waals surface area contributed by atoms with Gasteiger partial charge in [0.2, 0.25) is 11.8 Å².